The lowest BCUT2D eigenvalue weighted by molar-refractivity contribution is 0.292. The van der Waals surface area contributed by atoms with Gasteiger partial charge in [0.1, 0.15) is 11.3 Å². The maximum atomic E-state index is 11.9. The fourth-order valence-corrected chi connectivity index (χ4v) is 3.77. The number of hydrogen-bond donors (Lipinski definition) is 1. The van der Waals surface area contributed by atoms with Gasteiger partial charge in [-0.25, -0.2) is 4.79 Å². The Hall–Kier alpha value is -2.15. The number of likely N-dealkylation sites (N-methyl/N-ethyl adjacent to an activating group) is 1. The molecule has 1 aromatic carbocycles. The molecule has 0 radical (unpaired) electrons. The number of fused-ring (bicyclic) bond motifs is 1. The van der Waals surface area contributed by atoms with Crippen LogP contribution in [0.4, 0.5) is 0 Å². The zero-order chi connectivity index (χ0) is 17.8. The van der Waals surface area contributed by atoms with Crippen LogP contribution < -0.4 is 15.7 Å². The van der Waals surface area contributed by atoms with Crippen molar-refractivity contribution < 1.29 is 9.15 Å². The van der Waals surface area contributed by atoms with Gasteiger partial charge in [-0.3, -0.25) is 0 Å². The van der Waals surface area contributed by atoms with E-state index in [1.54, 1.807) is 30.6 Å². The van der Waals surface area contributed by atoms with Crippen LogP contribution in [0.5, 0.6) is 5.75 Å². The highest BCUT2D eigenvalue weighted by molar-refractivity contribution is 7.10. The molecule has 1 N–H and O–H groups in total. The molecule has 25 heavy (non-hydrogen) atoms. The Morgan fingerprint density at radius 2 is 2.12 bits per heavy atom. The molecule has 0 aliphatic heterocycles. The van der Waals surface area contributed by atoms with Gasteiger partial charge in [0.25, 0.3) is 0 Å². The van der Waals surface area contributed by atoms with E-state index in [0.29, 0.717) is 23.9 Å². The molecule has 132 valence electrons. The van der Waals surface area contributed by atoms with Crippen LogP contribution in [0, 0.1) is 0 Å². The van der Waals surface area contributed by atoms with Crippen molar-refractivity contribution in [1.82, 2.24) is 10.2 Å². The van der Waals surface area contributed by atoms with Gasteiger partial charge in [0.2, 0.25) is 0 Å². The smallest absolute Gasteiger partial charge is 0.336 e. The molecule has 0 unspecified atom stereocenters. The molecule has 5 nitrogen and oxygen atoms in total. The van der Waals surface area contributed by atoms with Crippen LogP contribution in [-0.4, -0.2) is 32.6 Å². The van der Waals surface area contributed by atoms with E-state index in [2.05, 4.69) is 41.8 Å². The second kappa shape index (κ2) is 7.82. The fourth-order valence-electron chi connectivity index (χ4n) is 2.85. The topological polar surface area (TPSA) is 54.7 Å². The van der Waals surface area contributed by atoms with Crippen LogP contribution in [0.3, 0.4) is 0 Å². The van der Waals surface area contributed by atoms with E-state index in [9.17, 15) is 4.79 Å². The molecular formula is C19H22N2O3S. The van der Waals surface area contributed by atoms with Crippen LogP contribution in [0.1, 0.15) is 16.5 Å². The summed E-state index contributed by atoms with van der Waals surface area (Å²) < 4.78 is 10.5. The van der Waals surface area contributed by atoms with Crippen LogP contribution >= 0.6 is 11.3 Å². The third-order valence-electron chi connectivity index (χ3n) is 4.19. The highest BCUT2D eigenvalue weighted by atomic mass is 32.1. The lowest BCUT2D eigenvalue weighted by Crippen LogP contribution is -2.30. The Kier molecular flexibility index (Phi) is 5.53. The summed E-state index contributed by atoms with van der Waals surface area (Å²) in [4.78, 5) is 15.4. The van der Waals surface area contributed by atoms with Gasteiger partial charge in [-0.15, -0.1) is 11.3 Å². The molecule has 0 aliphatic rings. The molecule has 0 fully saturated rings. The summed E-state index contributed by atoms with van der Waals surface area (Å²) in [5.41, 5.74) is 1.13. The van der Waals surface area contributed by atoms with Crippen molar-refractivity contribution >= 4 is 22.3 Å². The number of nitrogens with zero attached hydrogens (tertiary/aromatic N) is 1. The van der Waals surface area contributed by atoms with E-state index in [1.165, 1.54) is 4.88 Å². The van der Waals surface area contributed by atoms with Crippen LogP contribution in [0.2, 0.25) is 0 Å². The van der Waals surface area contributed by atoms with Crippen molar-refractivity contribution in [3.63, 3.8) is 0 Å². The number of rotatable bonds is 7. The molecule has 2 aromatic heterocycles. The fraction of sp³-hybridized carbons (Fsp3) is 0.316. The molecule has 1 atom stereocenters. The van der Waals surface area contributed by atoms with Gasteiger partial charge >= 0.3 is 5.63 Å². The molecule has 0 saturated carbocycles. The first-order chi connectivity index (χ1) is 12.1. The Morgan fingerprint density at radius 1 is 1.28 bits per heavy atom. The third-order valence-corrected chi connectivity index (χ3v) is 5.16. The third kappa shape index (κ3) is 4.10. The van der Waals surface area contributed by atoms with Gasteiger partial charge in [0.05, 0.1) is 13.2 Å². The first-order valence-corrected chi connectivity index (χ1v) is 8.98. The van der Waals surface area contributed by atoms with Crippen molar-refractivity contribution in [2.24, 2.45) is 0 Å². The summed E-state index contributed by atoms with van der Waals surface area (Å²) in [5, 5.41) is 6.49. The summed E-state index contributed by atoms with van der Waals surface area (Å²) in [6.45, 7) is 1.40. The predicted molar refractivity (Wildman–Crippen MR) is 101 cm³/mol. The number of methoxy groups -OCH3 is 1. The largest absolute Gasteiger partial charge is 0.497 e. The van der Waals surface area contributed by atoms with E-state index in [0.717, 1.165) is 17.5 Å². The minimum absolute atomic E-state index is 0.298. The summed E-state index contributed by atoms with van der Waals surface area (Å²) >= 11 is 1.75. The van der Waals surface area contributed by atoms with E-state index in [1.807, 2.05) is 12.1 Å². The standard InChI is InChI=1S/C19H22N2O3S/c1-21(2)16(18-5-4-8-25-18)12-20-11-13-9-19(22)24-17-10-14(23-3)6-7-15(13)17/h4-10,16,20H,11-12H2,1-3H3/t16-/m1/s1. The molecular weight excluding hydrogens is 336 g/mol. The Labute approximate surface area is 150 Å². The maximum Gasteiger partial charge on any atom is 0.336 e. The Balaban J connectivity index is 1.77. The highest BCUT2D eigenvalue weighted by Crippen LogP contribution is 2.24. The van der Waals surface area contributed by atoms with Crippen molar-refractivity contribution in [2.75, 3.05) is 27.7 Å². The van der Waals surface area contributed by atoms with Gasteiger partial charge in [-0.05, 0) is 43.2 Å². The molecule has 0 saturated heterocycles. The van der Waals surface area contributed by atoms with Gasteiger partial charge in [-0.2, -0.15) is 0 Å². The molecule has 6 heteroatoms. The van der Waals surface area contributed by atoms with Crippen molar-refractivity contribution in [3.05, 3.63) is 62.6 Å². The van der Waals surface area contributed by atoms with Gasteiger partial charge in [-0.1, -0.05) is 6.07 Å². The summed E-state index contributed by atoms with van der Waals surface area (Å²) in [7, 11) is 5.74. The second-order valence-corrected chi connectivity index (χ2v) is 7.06. The minimum Gasteiger partial charge on any atom is -0.497 e. The second-order valence-electron chi connectivity index (χ2n) is 6.08. The number of benzene rings is 1. The molecule has 0 aliphatic carbocycles. The first-order valence-electron chi connectivity index (χ1n) is 8.10. The van der Waals surface area contributed by atoms with Gasteiger partial charge < -0.3 is 19.4 Å². The number of nitrogens with one attached hydrogen (secondary N) is 1. The predicted octanol–water partition coefficient (Wildman–Crippen LogP) is 3.26. The zero-order valence-corrected chi connectivity index (χ0v) is 15.4. The molecule has 0 bridgehead atoms. The number of hydrogen-bond acceptors (Lipinski definition) is 6. The SMILES string of the molecule is COc1ccc2c(CNC[C@H](c3cccs3)N(C)C)cc(=O)oc2c1. The highest BCUT2D eigenvalue weighted by Gasteiger charge is 2.15. The van der Waals surface area contributed by atoms with Gasteiger partial charge in [0.15, 0.2) is 0 Å². The van der Waals surface area contributed by atoms with Crippen molar-refractivity contribution in [3.8, 4) is 5.75 Å². The summed E-state index contributed by atoms with van der Waals surface area (Å²) in [6.07, 6.45) is 0. The summed E-state index contributed by atoms with van der Waals surface area (Å²) in [5.74, 6) is 0.672. The average Bonchev–Trinajstić information content (AvgIpc) is 3.11. The quantitative estimate of drug-likeness (QED) is 0.657. The van der Waals surface area contributed by atoms with Crippen LogP contribution in [0.25, 0.3) is 11.0 Å². The Morgan fingerprint density at radius 3 is 2.80 bits per heavy atom. The minimum atomic E-state index is -0.347. The van der Waals surface area contributed by atoms with E-state index < -0.39 is 0 Å². The number of ether oxygens (including phenoxy) is 1. The monoisotopic (exact) mass is 358 g/mol. The van der Waals surface area contributed by atoms with Gasteiger partial charge in [0, 0.05) is 35.5 Å². The van der Waals surface area contributed by atoms with E-state index >= 15 is 0 Å². The number of thiophene rings is 1. The lowest BCUT2D eigenvalue weighted by Gasteiger charge is -2.23. The normalized spacial score (nSPS) is 12.6. The molecule has 0 spiro atoms. The molecule has 3 rings (SSSR count). The lowest BCUT2D eigenvalue weighted by atomic mass is 10.1. The maximum absolute atomic E-state index is 11.9. The first kappa shape index (κ1) is 17.7. The molecule has 3 aromatic rings. The van der Waals surface area contributed by atoms with Crippen LogP contribution in [0.15, 0.2) is 51.0 Å². The van der Waals surface area contributed by atoms with Crippen molar-refractivity contribution in [2.45, 2.75) is 12.6 Å². The zero-order valence-electron chi connectivity index (χ0n) is 14.6. The van der Waals surface area contributed by atoms with E-state index in [-0.39, 0.29) is 5.63 Å². The average molecular weight is 358 g/mol. The summed E-state index contributed by atoms with van der Waals surface area (Å²) in [6, 6.07) is 11.6. The van der Waals surface area contributed by atoms with Crippen LogP contribution in [-0.2, 0) is 6.54 Å². The Bertz CT molecular complexity index is 887. The van der Waals surface area contributed by atoms with E-state index in [4.69, 9.17) is 9.15 Å². The molecule has 0 amide bonds. The van der Waals surface area contributed by atoms with Crippen molar-refractivity contribution in [1.29, 1.82) is 0 Å². The molecule has 2 heterocycles.